The van der Waals surface area contributed by atoms with Gasteiger partial charge >= 0.3 is 11.8 Å². The van der Waals surface area contributed by atoms with Crippen molar-refractivity contribution < 1.29 is 36.8 Å². The number of amides is 2. The van der Waals surface area contributed by atoms with E-state index in [9.17, 15) is 22.8 Å². The van der Waals surface area contributed by atoms with Crippen LogP contribution < -0.4 is 4.57 Å². The van der Waals surface area contributed by atoms with Gasteiger partial charge in [-0.15, -0.1) is 16.8 Å². The minimum Gasteiger partial charge on any atom is -0.330 e. The Balaban J connectivity index is 1.39. The Labute approximate surface area is 287 Å². The molecule has 0 bridgehead atoms. The Morgan fingerprint density at radius 2 is 1.77 bits per heavy atom. The fourth-order valence-electron chi connectivity index (χ4n) is 5.74. The summed E-state index contributed by atoms with van der Waals surface area (Å²) in [5.41, 5.74) is 3.32. The van der Waals surface area contributed by atoms with Gasteiger partial charge < -0.3 is 4.84 Å². The molecule has 0 atom stereocenters. The molecule has 1 aromatic heterocycles. The molecule has 4 heterocycles. The smallest absolute Gasteiger partial charge is 0.330 e. The van der Waals surface area contributed by atoms with Crippen molar-refractivity contribution in [2.45, 2.75) is 96.4 Å². The first kappa shape index (κ1) is 37.2. The largest absolute Gasteiger partial charge is 0.333 e. The molecule has 1 aromatic rings. The van der Waals surface area contributed by atoms with E-state index in [2.05, 4.69) is 49.6 Å². The fraction of sp³-hybridized carbons (Fsp3) is 0.529. The van der Waals surface area contributed by atoms with Crippen molar-refractivity contribution in [3.63, 3.8) is 0 Å². The van der Waals surface area contributed by atoms with Gasteiger partial charge in [-0.25, -0.2) is 9.36 Å². The van der Waals surface area contributed by atoms with Gasteiger partial charge in [0.2, 0.25) is 0 Å². The third-order valence-corrected chi connectivity index (χ3v) is 10.4. The Hall–Kier alpha value is -3.62. The predicted octanol–water partition coefficient (Wildman–Crippen LogP) is 5.22. The molecule has 0 aromatic carbocycles. The lowest BCUT2D eigenvalue weighted by atomic mass is 9.82. The lowest BCUT2D eigenvalue weighted by Crippen LogP contribution is -2.35. The highest BCUT2D eigenvalue weighted by atomic mass is 32.2. The summed E-state index contributed by atoms with van der Waals surface area (Å²) in [5, 5.41) is 7.02. The van der Waals surface area contributed by atoms with Crippen molar-refractivity contribution in [1.29, 1.82) is 0 Å². The van der Waals surface area contributed by atoms with Crippen LogP contribution in [0.15, 0.2) is 63.3 Å². The van der Waals surface area contributed by atoms with E-state index in [-0.39, 0.29) is 42.3 Å². The Bertz CT molecular complexity index is 1690. The van der Waals surface area contributed by atoms with Gasteiger partial charge in [-0.3, -0.25) is 19.2 Å². The molecule has 3 aliphatic heterocycles. The average molecular weight is 701 g/mol. The first-order valence-corrected chi connectivity index (χ1v) is 19.0. The standard InChI is InChI=1S/C34H45N5O7S2/c1-24-33(2,3)28(38(36-24)20-13-21-48(43,44)45)15-10-7-9-14-27-34(4,5)26-22-25(47-6)23-37(32(26)35-27)19-12-8-11-16-31(42)46-39-29(40)17-18-30(39)41/h7,9-10,14-15,22-23H,8,11-13,16-21H2,1-6H3/p+1. The number of allylic oxidation sites excluding steroid dienone is 6. The van der Waals surface area contributed by atoms with Gasteiger partial charge in [0, 0.05) is 47.5 Å². The molecule has 4 rings (SSSR count). The molecule has 1 N–H and O–H groups in total. The van der Waals surface area contributed by atoms with Crippen molar-refractivity contribution >= 4 is 56.9 Å². The van der Waals surface area contributed by atoms with Crippen LogP contribution in [-0.2, 0) is 41.3 Å². The summed E-state index contributed by atoms with van der Waals surface area (Å²) in [6.45, 7) is 11.5. The number of aromatic nitrogens is 1. The van der Waals surface area contributed by atoms with E-state index in [1.165, 1.54) is 0 Å². The lowest BCUT2D eigenvalue weighted by Gasteiger charge is -2.24. The third kappa shape index (κ3) is 8.88. The molecule has 0 saturated carbocycles. The molecule has 12 nitrogen and oxygen atoms in total. The monoisotopic (exact) mass is 700 g/mol. The van der Waals surface area contributed by atoms with Crippen LogP contribution in [0.4, 0.5) is 5.82 Å². The van der Waals surface area contributed by atoms with Crippen LogP contribution >= 0.6 is 11.8 Å². The number of rotatable bonds is 15. The van der Waals surface area contributed by atoms with Gasteiger partial charge in [0.15, 0.2) is 5.71 Å². The molecule has 0 radical (unpaired) electrons. The first-order chi connectivity index (χ1) is 22.5. The first-order valence-electron chi connectivity index (χ1n) is 16.2. The summed E-state index contributed by atoms with van der Waals surface area (Å²) >= 11 is 1.67. The summed E-state index contributed by atoms with van der Waals surface area (Å²) in [4.78, 5) is 46.6. The Kier molecular flexibility index (Phi) is 11.9. The number of unbranched alkanes of at least 4 members (excludes halogenated alkanes) is 2. The molecule has 14 heteroatoms. The van der Waals surface area contributed by atoms with Gasteiger partial charge in [0.05, 0.1) is 23.3 Å². The third-order valence-electron chi connectivity index (χ3n) is 8.93. The van der Waals surface area contributed by atoms with Crippen LogP contribution in [0.3, 0.4) is 0 Å². The van der Waals surface area contributed by atoms with E-state index in [0.29, 0.717) is 18.0 Å². The summed E-state index contributed by atoms with van der Waals surface area (Å²) < 4.78 is 33.6. The van der Waals surface area contributed by atoms with Gasteiger partial charge in [-0.05, 0) is 89.8 Å². The molecule has 48 heavy (non-hydrogen) atoms. The topological polar surface area (TPSA) is 150 Å². The molecule has 1 fully saturated rings. The van der Waals surface area contributed by atoms with Crippen molar-refractivity contribution in [1.82, 2.24) is 10.1 Å². The molecule has 0 aliphatic carbocycles. The van der Waals surface area contributed by atoms with E-state index in [1.807, 2.05) is 48.6 Å². The number of fused-ring (bicyclic) bond motifs is 1. The number of nitrogens with zero attached hydrogens (tertiary/aromatic N) is 5. The maximum Gasteiger partial charge on any atom is 0.333 e. The number of carbonyl (C=O) groups excluding carboxylic acids is 3. The number of thioether (sulfide) groups is 1. The van der Waals surface area contributed by atoms with Crippen LogP contribution in [0.25, 0.3) is 0 Å². The SMILES string of the molecule is CSc1cc2c([n+](CCCCCC(=O)ON3C(=O)CCC3=O)c1)N=C(/C=C/C=C/C=C1/N(CCCS(=O)(=O)O)N=C(C)C1(C)C)C2(C)C. The van der Waals surface area contributed by atoms with Gasteiger partial charge in [0.25, 0.3) is 21.9 Å². The molecule has 1 saturated heterocycles. The van der Waals surface area contributed by atoms with E-state index in [0.717, 1.165) is 52.8 Å². The zero-order chi connectivity index (χ0) is 35.3. The zero-order valence-corrected chi connectivity index (χ0v) is 30.2. The normalized spacial score (nSPS) is 19.6. The quantitative estimate of drug-likeness (QED) is 0.0649. The number of carbonyl (C=O) groups is 3. The lowest BCUT2D eigenvalue weighted by molar-refractivity contribution is -0.686. The summed E-state index contributed by atoms with van der Waals surface area (Å²) in [7, 11) is -4.03. The van der Waals surface area contributed by atoms with Crippen molar-refractivity contribution in [3.8, 4) is 0 Å². The van der Waals surface area contributed by atoms with Crippen LogP contribution in [0.1, 0.15) is 85.1 Å². The molecule has 0 unspecified atom stereocenters. The number of hydroxylamine groups is 2. The predicted molar refractivity (Wildman–Crippen MR) is 185 cm³/mol. The van der Waals surface area contributed by atoms with Gasteiger partial charge in [0.1, 0.15) is 6.20 Å². The highest BCUT2D eigenvalue weighted by Crippen LogP contribution is 2.40. The van der Waals surface area contributed by atoms with E-state index in [4.69, 9.17) is 14.4 Å². The van der Waals surface area contributed by atoms with E-state index in [1.54, 1.807) is 11.8 Å². The van der Waals surface area contributed by atoms with Crippen LogP contribution in [-0.4, -0.2) is 70.8 Å². The van der Waals surface area contributed by atoms with E-state index < -0.39 is 27.9 Å². The van der Waals surface area contributed by atoms with Crippen LogP contribution in [0.2, 0.25) is 0 Å². The summed E-state index contributed by atoms with van der Waals surface area (Å²) in [6, 6.07) is 2.19. The zero-order valence-electron chi connectivity index (χ0n) is 28.6. The van der Waals surface area contributed by atoms with E-state index >= 15 is 0 Å². The highest BCUT2D eigenvalue weighted by Gasteiger charge is 2.42. The number of aryl methyl sites for hydroxylation is 1. The molecule has 260 valence electrons. The minimum atomic E-state index is -4.03. The second kappa shape index (κ2) is 15.3. The highest BCUT2D eigenvalue weighted by molar-refractivity contribution is 7.98. The van der Waals surface area contributed by atoms with Crippen molar-refractivity contribution in [3.05, 3.63) is 53.9 Å². The molecular formula is C34H46N5O7S2+. The number of pyridine rings is 1. The van der Waals surface area contributed by atoms with Crippen LogP contribution in [0.5, 0.6) is 0 Å². The average Bonchev–Trinajstić information content (AvgIpc) is 3.54. The molecule has 0 spiro atoms. The summed E-state index contributed by atoms with van der Waals surface area (Å²) in [5.74, 6) is -0.927. The Morgan fingerprint density at radius 3 is 2.44 bits per heavy atom. The minimum absolute atomic E-state index is 0.0766. The number of imide groups is 1. The van der Waals surface area contributed by atoms with Gasteiger partial charge in [-0.1, -0.05) is 18.2 Å². The number of aliphatic imine (C=N–C) groups is 1. The Morgan fingerprint density at radius 1 is 1.06 bits per heavy atom. The number of hydrazone groups is 1. The molecule has 2 amide bonds. The van der Waals surface area contributed by atoms with Gasteiger partial charge in [-0.2, -0.15) is 13.5 Å². The second-order valence-electron chi connectivity index (χ2n) is 13.2. The second-order valence-corrected chi connectivity index (χ2v) is 15.6. The summed E-state index contributed by atoms with van der Waals surface area (Å²) in [6.07, 6.45) is 16.7. The van der Waals surface area contributed by atoms with Crippen molar-refractivity contribution in [2.75, 3.05) is 18.6 Å². The molecule has 3 aliphatic rings. The fourth-order valence-corrected chi connectivity index (χ4v) is 6.70. The maximum absolute atomic E-state index is 12.1. The maximum atomic E-state index is 12.1. The number of hydrogen-bond acceptors (Lipinski definition) is 10. The molecular weight excluding hydrogens is 655 g/mol. The van der Waals surface area contributed by atoms with Crippen molar-refractivity contribution in [2.24, 2.45) is 15.5 Å². The number of hydrogen-bond donors (Lipinski definition) is 1. The van der Waals surface area contributed by atoms with Crippen LogP contribution in [0, 0.1) is 5.41 Å².